The number of aromatic nitrogens is 1. The fourth-order valence-corrected chi connectivity index (χ4v) is 3.23. The minimum atomic E-state index is -0.432. The highest BCUT2D eigenvalue weighted by atomic mass is 35.5. The average molecular weight is 353 g/mol. The second kappa shape index (κ2) is 8.08. The van der Waals surface area contributed by atoms with Crippen molar-refractivity contribution in [2.45, 2.75) is 26.2 Å². The quantitative estimate of drug-likeness (QED) is 0.804. The molecule has 0 saturated carbocycles. The predicted molar refractivity (Wildman–Crippen MR) is 91.2 cm³/mol. The van der Waals surface area contributed by atoms with Gasteiger partial charge in [-0.05, 0) is 30.5 Å². The number of carbonyl (C=O) groups excluding carboxylic acids is 2. The van der Waals surface area contributed by atoms with Crippen LogP contribution in [-0.4, -0.2) is 24.0 Å². The van der Waals surface area contributed by atoms with Gasteiger partial charge in [-0.3, -0.25) is 4.79 Å². The number of halogens is 1. The lowest BCUT2D eigenvalue weighted by molar-refractivity contribution is -0.116. The van der Waals surface area contributed by atoms with Crippen molar-refractivity contribution in [1.82, 2.24) is 4.98 Å². The van der Waals surface area contributed by atoms with Crippen LogP contribution in [0.3, 0.4) is 0 Å². The molecule has 1 aromatic heterocycles. The molecule has 0 aliphatic rings. The van der Waals surface area contributed by atoms with Gasteiger partial charge in [0.15, 0.2) is 5.13 Å². The number of aryl methyl sites for hydroxylation is 2. The Hall–Kier alpha value is -1.92. The van der Waals surface area contributed by atoms with Crippen molar-refractivity contribution in [2.24, 2.45) is 0 Å². The van der Waals surface area contributed by atoms with E-state index in [9.17, 15) is 9.59 Å². The Morgan fingerprint density at radius 3 is 2.83 bits per heavy atom. The van der Waals surface area contributed by atoms with Crippen LogP contribution in [0.25, 0.3) is 0 Å². The van der Waals surface area contributed by atoms with Gasteiger partial charge in [0.05, 0.1) is 12.8 Å². The first kappa shape index (κ1) is 17.4. The number of nitrogens with one attached hydrogen (secondary N) is 1. The molecular weight excluding hydrogens is 336 g/mol. The number of hydrogen-bond acceptors (Lipinski definition) is 5. The zero-order valence-electron chi connectivity index (χ0n) is 12.9. The molecule has 23 heavy (non-hydrogen) atoms. The lowest BCUT2D eigenvalue weighted by Crippen LogP contribution is -2.12. The number of hydrogen-bond donors (Lipinski definition) is 1. The van der Waals surface area contributed by atoms with Gasteiger partial charge in [0.25, 0.3) is 0 Å². The molecule has 0 fully saturated rings. The molecule has 5 nitrogen and oxygen atoms in total. The first-order valence-electron chi connectivity index (χ1n) is 7.15. The van der Waals surface area contributed by atoms with E-state index in [1.54, 1.807) is 6.07 Å². The number of amides is 1. The molecule has 1 N–H and O–H groups in total. The Bertz CT molecular complexity index is 715. The first-order chi connectivity index (χ1) is 11.0. The number of methoxy groups -OCH3 is 1. The molecule has 122 valence electrons. The standard InChI is InChI=1S/C16H17ClN2O3S/c1-3-12-14(15(21)22-2)23-16(18-12)19-13(20)8-7-10-5-4-6-11(17)9-10/h4-6,9H,3,7-8H2,1-2H3,(H,18,19,20). The van der Waals surface area contributed by atoms with E-state index in [2.05, 4.69) is 10.3 Å². The van der Waals surface area contributed by atoms with E-state index < -0.39 is 5.97 Å². The van der Waals surface area contributed by atoms with Gasteiger partial charge in [0.2, 0.25) is 5.91 Å². The van der Waals surface area contributed by atoms with E-state index in [0.29, 0.717) is 40.0 Å². The summed E-state index contributed by atoms with van der Waals surface area (Å²) in [5, 5.41) is 3.79. The van der Waals surface area contributed by atoms with Crippen molar-refractivity contribution < 1.29 is 14.3 Å². The average Bonchev–Trinajstić information content (AvgIpc) is 2.95. The van der Waals surface area contributed by atoms with Gasteiger partial charge < -0.3 is 10.1 Å². The van der Waals surface area contributed by atoms with Crippen molar-refractivity contribution in [3.63, 3.8) is 0 Å². The van der Waals surface area contributed by atoms with Crippen LogP contribution in [0.1, 0.15) is 34.3 Å². The zero-order chi connectivity index (χ0) is 16.8. The van der Waals surface area contributed by atoms with Gasteiger partial charge >= 0.3 is 5.97 Å². The monoisotopic (exact) mass is 352 g/mol. The molecule has 2 aromatic rings. The zero-order valence-corrected chi connectivity index (χ0v) is 14.5. The maximum Gasteiger partial charge on any atom is 0.350 e. The summed E-state index contributed by atoms with van der Waals surface area (Å²) >= 11 is 7.05. The molecule has 0 aliphatic carbocycles. The number of carbonyl (C=O) groups is 2. The van der Waals surface area contributed by atoms with Gasteiger partial charge in [0, 0.05) is 11.4 Å². The number of thiazole rings is 1. The van der Waals surface area contributed by atoms with Crippen LogP contribution in [-0.2, 0) is 22.4 Å². The SMILES string of the molecule is CCc1nc(NC(=O)CCc2cccc(Cl)c2)sc1C(=O)OC. The number of ether oxygens (including phenoxy) is 1. The second-order valence-electron chi connectivity index (χ2n) is 4.82. The minimum absolute atomic E-state index is 0.155. The topological polar surface area (TPSA) is 68.3 Å². The van der Waals surface area contributed by atoms with Gasteiger partial charge in [-0.1, -0.05) is 42.0 Å². The highest BCUT2D eigenvalue weighted by Gasteiger charge is 2.18. The molecule has 0 radical (unpaired) electrons. The molecule has 1 heterocycles. The fourth-order valence-electron chi connectivity index (χ4n) is 2.03. The highest BCUT2D eigenvalue weighted by molar-refractivity contribution is 7.17. The van der Waals surface area contributed by atoms with Crippen molar-refractivity contribution in [3.8, 4) is 0 Å². The molecule has 1 aromatic carbocycles. The summed E-state index contributed by atoms with van der Waals surface area (Å²) in [5.41, 5.74) is 1.63. The van der Waals surface area contributed by atoms with E-state index >= 15 is 0 Å². The van der Waals surface area contributed by atoms with E-state index in [0.717, 1.165) is 16.9 Å². The number of esters is 1. The van der Waals surface area contributed by atoms with Gasteiger partial charge in [0.1, 0.15) is 4.88 Å². The normalized spacial score (nSPS) is 10.4. The summed E-state index contributed by atoms with van der Waals surface area (Å²) in [6, 6.07) is 7.41. The predicted octanol–water partition coefficient (Wildman–Crippen LogP) is 3.72. The Labute approximate surface area is 143 Å². The number of nitrogens with zero attached hydrogens (tertiary/aromatic N) is 1. The van der Waals surface area contributed by atoms with E-state index in [4.69, 9.17) is 16.3 Å². The highest BCUT2D eigenvalue weighted by Crippen LogP contribution is 2.24. The Balaban J connectivity index is 1.97. The lowest BCUT2D eigenvalue weighted by Gasteiger charge is -2.02. The third-order valence-corrected chi connectivity index (χ3v) is 4.41. The van der Waals surface area contributed by atoms with Gasteiger partial charge in [-0.15, -0.1) is 0 Å². The summed E-state index contributed by atoms with van der Waals surface area (Å²) in [7, 11) is 1.32. The fraction of sp³-hybridized carbons (Fsp3) is 0.312. The molecule has 0 atom stereocenters. The van der Waals surface area contributed by atoms with Crippen LogP contribution in [0.15, 0.2) is 24.3 Å². The van der Waals surface area contributed by atoms with Crippen LogP contribution in [0.5, 0.6) is 0 Å². The molecule has 0 saturated heterocycles. The molecule has 1 amide bonds. The number of benzene rings is 1. The van der Waals surface area contributed by atoms with Gasteiger partial charge in [-0.2, -0.15) is 0 Å². The second-order valence-corrected chi connectivity index (χ2v) is 6.25. The number of anilines is 1. The lowest BCUT2D eigenvalue weighted by atomic mass is 10.1. The van der Waals surface area contributed by atoms with Crippen LogP contribution < -0.4 is 5.32 Å². The van der Waals surface area contributed by atoms with Crippen LogP contribution in [0.4, 0.5) is 5.13 Å². The molecule has 0 aliphatic heterocycles. The minimum Gasteiger partial charge on any atom is -0.465 e. The summed E-state index contributed by atoms with van der Waals surface area (Å²) in [4.78, 5) is 28.4. The van der Waals surface area contributed by atoms with Gasteiger partial charge in [-0.25, -0.2) is 9.78 Å². The summed E-state index contributed by atoms with van der Waals surface area (Å²) in [5.74, 6) is -0.587. The maximum atomic E-state index is 12.0. The molecule has 0 spiro atoms. The smallest absolute Gasteiger partial charge is 0.350 e. The molecular formula is C16H17ClN2O3S. The number of rotatable bonds is 6. The molecule has 0 unspecified atom stereocenters. The third-order valence-electron chi connectivity index (χ3n) is 3.18. The maximum absolute atomic E-state index is 12.0. The third kappa shape index (κ3) is 4.77. The summed E-state index contributed by atoms with van der Waals surface area (Å²) < 4.78 is 4.72. The van der Waals surface area contributed by atoms with Crippen molar-refractivity contribution in [1.29, 1.82) is 0 Å². The molecule has 2 rings (SSSR count). The largest absolute Gasteiger partial charge is 0.465 e. The van der Waals surface area contributed by atoms with Crippen LogP contribution in [0, 0.1) is 0 Å². The van der Waals surface area contributed by atoms with E-state index in [1.807, 2.05) is 25.1 Å². The van der Waals surface area contributed by atoms with Crippen molar-refractivity contribution in [2.75, 3.05) is 12.4 Å². The first-order valence-corrected chi connectivity index (χ1v) is 8.35. The summed E-state index contributed by atoms with van der Waals surface area (Å²) in [6.07, 6.45) is 1.50. The van der Waals surface area contributed by atoms with Crippen LogP contribution in [0.2, 0.25) is 5.02 Å². The van der Waals surface area contributed by atoms with Crippen molar-refractivity contribution >= 4 is 39.9 Å². The van der Waals surface area contributed by atoms with Crippen molar-refractivity contribution in [3.05, 3.63) is 45.4 Å². The Morgan fingerprint density at radius 1 is 1.39 bits per heavy atom. The van der Waals surface area contributed by atoms with Crippen LogP contribution >= 0.6 is 22.9 Å². The Kier molecular flexibility index (Phi) is 6.12. The molecule has 0 bridgehead atoms. The summed E-state index contributed by atoms with van der Waals surface area (Å²) in [6.45, 7) is 1.90. The molecule has 7 heteroatoms. The van der Waals surface area contributed by atoms with E-state index in [-0.39, 0.29) is 5.91 Å². The Morgan fingerprint density at radius 2 is 2.17 bits per heavy atom. The van der Waals surface area contributed by atoms with E-state index in [1.165, 1.54) is 7.11 Å².